The van der Waals surface area contributed by atoms with E-state index in [1.54, 1.807) is 0 Å². The van der Waals surface area contributed by atoms with Crippen LogP contribution in [0.5, 0.6) is 0 Å². The van der Waals surface area contributed by atoms with Crippen LogP contribution in [0.2, 0.25) is 0 Å². The lowest BCUT2D eigenvalue weighted by Gasteiger charge is -2.28. The molecule has 1 amide bonds. The van der Waals surface area contributed by atoms with Gasteiger partial charge in [-0.2, -0.15) is 0 Å². The number of morpholine rings is 1. The monoisotopic (exact) mass is 218 g/mol. The first kappa shape index (κ1) is 10.7. The zero-order valence-electron chi connectivity index (χ0n) is 6.95. The van der Waals surface area contributed by atoms with Crippen LogP contribution in [-0.4, -0.2) is 40.9 Å². The van der Waals surface area contributed by atoms with E-state index in [2.05, 4.69) is 9.80 Å². The predicted molar refractivity (Wildman–Crippen MR) is 46.5 cm³/mol. The molecule has 1 aliphatic rings. The predicted octanol–water partition coefficient (Wildman–Crippen LogP) is 0.117. The van der Waals surface area contributed by atoms with Crippen molar-refractivity contribution in [3.8, 4) is 0 Å². The molecule has 14 heavy (non-hydrogen) atoms. The lowest BCUT2D eigenvalue weighted by molar-refractivity contribution is -0.160. The van der Waals surface area contributed by atoms with Gasteiger partial charge in [-0.25, -0.2) is 4.79 Å². The Kier molecular flexibility index (Phi) is 3.64. The van der Waals surface area contributed by atoms with E-state index in [0.29, 0.717) is 0 Å². The summed E-state index contributed by atoms with van der Waals surface area (Å²) in [5.41, 5.74) is 8.04. The van der Waals surface area contributed by atoms with Gasteiger partial charge in [0.1, 0.15) is 6.61 Å². The summed E-state index contributed by atoms with van der Waals surface area (Å²) in [5, 5.41) is 8.60. The Morgan fingerprint density at radius 3 is 3.14 bits per heavy atom. The fourth-order valence-corrected chi connectivity index (χ4v) is 1.46. The van der Waals surface area contributed by atoms with Crippen LogP contribution in [0.3, 0.4) is 0 Å². The molecular formula is C5H7N4O4P. The fraction of sp³-hybridized carbons (Fsp3) is 0.600. The summed E-state index contributed by atoms with van der Waals surface area (Å²) in [6.45, 7) is -0.365. The molecule has 0 bridgehead atoms. The highest BCUT2D eigenvalue weighted by Crippen LogP contribution is 2.23. The molecule has 0 aromatic heterocycles. The van der Waals surface area contributed by atoms with Crippen molar-refractivity contribution in [1.29, 1.82) is 0 Å². The molecule has 0 aromatic carbocycles. The minimum Gasteiger partial charge on any atom is -0.479 e. The summed E-state index contributed by atoms with van der Waals surface area (Å²) >= 11 is 0. The number of carbonyl (C=O) groups excluding carboxylic acids is 1. The maximum absolute atomic E-state index is 11.1. The molecule has 0 aliphatic carbocycles. The van der Waals surface area contributed by atoms with E-state index in [1.165, 1.54) is 4.67 Å². The molecule has 0 aromatic rings. The number of rotatable bonds is 3. The van der Waals surface area contributed by atoms with Crippen molar-refractivity contribution in [2.75, 3.05) is 13.2 Å². The third kappa shape index (κ3) is 2.56. The molecule has 1 saturated heterocycles. The van der Waals surface area contributed by atoms with Crippen molar-refractivity contribution in [1.82, 2.24) is 4.67 Å². The van der Waals surface area contributed by atoms with Gasteiger partial charge >= 0.3 is 5.97 Å². The second-order valence-corrected chi connectivity index (χ2v) is 3.37. The van der Waals surface area contributed by atoms with Crippen LogP contribution < -0.4 is 0 Å². The average molecular weight is 218 g/mol. The first-order valence-electron chi connectivity index (χ1n) is 3.59. The van der Waals surface area contributed by atoms with Gasteiger partial charge in [0.15, 0.2) is 6.10 Å². The van der Waals surface area contributed by atoms with Gasteiger partial charge in [0.05, 0.1) is 15.4 Å². The molecule has 1 fully saturated rings. The number of carboxylic acids is 1. The van der Waals surface area contributed by atoms with Crippen LogP contribution in [0, 0.1) is 0 Å². The van der Waals surface area contributed by atoms with E-state index in [4.69, 9.17) is 15.4 Å². The summed E-state index contributed by atoms with van der Waals surface area (Å²) in [5.74, 6) is -1.50. The minimum atomic E-state index is -1.13. The summed E-state index contributed by atoms with van der Waals surface area (Å²) in [6.07, 6.45) is -1.03. The number of ether oxygens (including phenoxy) is 1. The van der Waals surface area contributed by atoms with Gasteiger partial charge in [0.2, 0.25) is 0 Å². The van der Waals surface area contributed by atoms with Crippen LogP contribution in [0.25, 0.3) is 10.4 Å². The summed E-state index contributed by atoms with van der Waals surface area (Å²) in [4.78, 5) is 27.3. The van der Waals surface area contributed by atoms with Crippen LogP contribution in [0.15, 0.2) is 4.88 Å². The Morgan fingerprint density at radius 2 is 2.57 bits per heavy atom. The first-order chi connectivity index (χ1) is 6.65. The second-order valence-electron chi connectivity index (χ2n) is 2.43. The Bertz CT molecular complexity index is 302. The molecule has 1 aliphatic heterocycles. The van der Waals surface area contributed by atoms with Gasteiger partial charge in [-0.05, 0) is 5.53 Å². The molecule has 9 heteroatoms. The number of hydrogen-bond donors (Lipinski definition) is 1. The molecular weight excluding hydrogens is 211 g/mol. The molecule has 1 N–H and O–H groups in total. The number of carbonyl (C=O) groups is 2. The summed E-state index contributed by atoms with van der Waals surface area (Å²) in [7, 11) is -0.411. The first-order valence-corrected chi connectivity index (χ1v) is 4.49. The van der Waals surface area contributed by atoms with E-state index >= 15 is 0 Å². The van der Waals surface area contributed by atoms with Crippen molar-refractivity contribution in [3.63, 3.8) is 0 Å². The Morgan fingerprint density at radius 1 is 1.86 bits per heavy atom. The lowest BCUT2D eigenvalue weighted by atomic mass is 10.3. The van der Waals surface area contributed by atoms with Crippen molar-refractivity contribution in [2.24, 2.45) is 4.88 Å². The topological polar surface area (TPSA) is 116 Å². The molecule has 1 rings (SSSR count). The molecule has 1 heterocycles. The van der Waals surface area contributed by atoms with Gasteiger partial charge in [0.25, 0.3) is 5.91 Å². The molecule has 0 radical (unpaired) electrons. The Labute approximate surface area is 80.3 Å². The number of azide groups is 1. The minimum absolute atomic E-state index is 0.0777. The third-order valence-electron chi connectivity index (χ3n) is 1.54. The Balaban J connectivity index is 2.59. The van der Waals surface area contributed by atoms with Gasteiger partial charge in [-0.3, -0.25) is 4.79 Å². The number of nitrogens with zero attached hydrogens (tertiary/aromatic N) is 4. The maximum Gasteiger partial charge on any atom is 0.334 e. The van der Waals surface area contributed by atoms with E-state index in [0.717, 1.165) is 0 Å². The van der Waals surface area contributed by atoms with Crippen molar-refractivity contribution >= 4 is 20.8 Å². The molecule has 76 valence electrons. The normalized spacial score (nSPS) is 22.4. The zero-order chi connectivity index (χ0) is 10.6. The molecule has 2 atom stereocenters. The largest absolute Gasteiger partial charge is 0.479 e. The summed E-state index contributed by atoms with van der Waals surface area (Å²) < 4.78 is 5.91. The van der Waals surface area contributed by atoms with E-state index in [1.807, 2.05) is 0 Å². The smallest absolute Gasteiger partial charge is 0.334 e. The van der Waals surface area contributed by atoms with Gasteiger partial charge in [-0.15, -0.1) is 0 Å². The molecule has 2 unspecified atom stereocenters. The molecule has 0 saturated carbocycles. The van der Waals surface area contributed by atoms with Gasteiger partial charge < -0.3 is 14.5 Å². The van der Waals surface area contributed by atoms with E-state index < -0.39 is 21.0 Å². The number of aliphatic carboxylic acids is 1. The standard InChI is InChI=1S/C5H7N4O4P/c6-7-8-14-9-1-3(5(11)12)13-2-4(9)10/h3,14H,1-2H2,(H,11,12). The average Bonchev–Trinajstić information content (AvgIpc) is 2.16. The van der Waals surface area contributed by atoms with Crippen LogP contribution in [0.1, 0.15) is 0 Å². The van der Waals surface area contributed by atoms with Crippen molar-refractivity contribution < 1.29 is 19.4 Å². The molecule has 0 spiro atoms. The van der Waals surface area contributed by atoms with Crippen molar-refractivity contribution in [2.45, 2.75) is 6.10 Å². The van der Waals surface area contributed by atoms with Crippen molar-refractivity contribution in [3.05, 3.63) is 10.4 Å². The highest BCUT2D eigenvalue weighted by atomic mass is 31.1. The van der Waals surface area contributed by atoms with Gasteiger partial charge in [-0.1, -0.05) is 4.88 Å². The highest BCUT2D eigenvalue weighted by Gasteiger charge is 2.30. The number of hydrogen-bond acceptors (Lipinski definition) is 4. The fourth-order valence-electron chi connectivity index (χ4n) is 0.890. The highest BCUT2D eigenvalue weighted by molar-refractivity contribution is 7.34. The van der Waals surface area contributed by atoms with Crippen LogP contribution in [-0.2, 0) is 14.3 Å². The maximum atomic E-state index is 11.1. The van der Waals surface area contributed by atoms with E-state index in [9.17, 15) is 9.59 Å². The zero-order valence-corrected chi connectivity index (χ0v) is 7.95. The number of carboxylic acid groups (broad SMARTS) is 1. The Hall–Kier alpha value is -1.36. The summed E-state index contributed by atoms with van der Waals surface area (Å²) in [6, 6.07) is 0. The quantitative estimate of drug-likeness (QED) is 0.313. The van der Waals surface area contributed by atoms with Gasteiger partial charge in [0, 0.05) is 4.91 Å². The molecule has 8 nitrogen and oxygen atoms in total. The van der Waals surface area contributed by atoms with Crippen LogP contribution in [0.4, 0.5) is 0 Å². The van der Waals surface area contributed by atoms with E-state index in [-0.39, 0.29) is 19.1 Å². The third-order valence-corrected chi connectivity index (χ3v) is 2.40. The SMILES string of the molecule is [N-]=[N+]=NPN1CC(C(=O)O)OCC1=O. The lowest BCUT2D eigenvalue weighted by Crippen LogP contribution is -2.45. The number of amides is 1. The second kappa shape index (κ2) is 4.76. The van der Waals surface area contributed by atoms with Crippen LogP contribution >= 0.6 is 8.88 Å².